The summed E-state index contributed by atoms with van der Waals surface area (Å²) in [7, 11) is 0. The lowest BCUT2D eigenvalue weighted by molar-refractivity contribution is -0.360. The van der Waals surface area contributed by atoms with Crippen LogP contribution in [-0.4, -0.2) is 17.3 Å². The van der Waals surface area contributed by atoms with E-state index in [0.29, 0.717) is 5.56 Å². The number of nitrogens with one attached hydrogen (secondary N) is 1. The van der Waals surface area contributed by atoms with Crippen LogP contribution in [0.25, 0.3) is 11.1 Å². The number of ether oxygens (including phenoxy) is 1. The van der Waals surface area contributed by atoms with Gasteiger partial charge in [0.25, 0.3) is 0 Å². The summed E-state index contributed by atoms with van der Waals surface area (Å²) in [5.74, 6) is -0.653. The van der Waals surface area contributed by atoms with Crippen molar-refractivity contribution in [2.45, 2.75) is 12.3 Å². The minimum atomic E-state index is -5.81. The van der Waals surface area contributed by atoms with E-state index in [2.05, 4.69) is 9.72 Å². The van der Waals surface area contributed by atoms with E-state index in [-0.39, 0.29) is 11.1 Å². The summed E-state index contributed by atoms with van der Waals surface area (Å²) in [5, 5.41) is 8.86. The summed E-state index contributed by atoms with van der Waals surface area (Å²) in [6.45, 7) is 0. The molecule has 0 bridgehead atoms. The van der Waals surface area contributed by atoms with E-state index in [1.54, 1.807) is 0 Å². The highest BCUT2D eigenvalue weighted by atomic mass is 19.4. The van der Waals surface area contributed by atoms with Crippen molar-refractivity contribution < 1.29 is 26.7 Å². The molecule has 0 fully saturated rings. The minimum absolute atomic E-state index is 0.231. The highest BCUT2D eigenvalue weighted by molar-refractivity contribution is 5.70. The van der Waals surface area contributed by atoms with Gasteiger partial charge in [-0.15, -0.1) is 0 Å². The number of benzene rings is 1. The first-order valence-electron chi connectivity index (χ1n) is 5.55. The van der Waals surface area contributed by atoms with Gasteiger partial charge in [0, 0.05) is 18.0 Å². The number of aromatic nitrogens is 1. The molecule has 1 aromatic heterocycles. The number of hydrogen-bond donors (Lipinski definition) is 1. The second kappa shape index (κ2) is 5.09. The van der Waals surface area contributed by atoms with Gasteiger partial charge in [-0.1, -0.05) is 12.1 Å². The van der Waals surface area contributed by atoms with Crippen molar-refractivity contribution in [1.29, 1.82) is 5.26 Å². The van der Waals surface area contributed by atoms with Crippen molar-refractivity contribution >= 4 is 0 Å². The Balaban J connectivity index is 2.34. The summed E-state index contributed by atoms with van der Waals surface area (Å²) in [4.78, 5) is 2.65. The third-order valence-corrected chi connectivity index (χ3v) is 2.59. The number of aromatic amines is 1. The van der Waals surface area contributed by atoms with Crippen LogP contribution in [0, 0.1) is 11.3 Å². The Hall–Kier alpha value is -2.56. The average Bonchev–Trinajstić information content (AvgIpc) is 2.85. The van der Waals surface area contributed by atoms with Crippen LogP contribution in [0.1, 0.15) is 5.56 Å². The standard InChI is InChI=1S/C13H7F5N2O/c14-12(15,16)13(17,18)21-10-3-1-2-8(4-10)11-7-20-6-9(11)5-19/h1-4,6-7,20H. The molecule has 0 aliphatic heterocycles. The zero-order valence-electron chi connectivity index (χ0n) is 10.2. The van der Waals surface area contributed by atoms with Crippen LogP contribution < -0.4 is 4.74 Å². The monoisotopic (exact) mass is 302 g/mol. The van der Waals surface area contributed by atoms with Crippen molar-refractivity contribution in [1.82, 2.24) is 4.98 Å². The molecular weight excluding hydrogens is 295 g/mol. The number of halogens is 5. The second-order valence-electron chi connectivity index (χ2n) is 4.04. The Labute approximate surface area is 115 Å². The summed E-state index contributed by atoms with van der Waals surface area (Å²) in [6.07, 6.45) is -8.29. The molecule has 21 heavy (non-hydrogen) atoms. The Morgan fingerprint density at radius 3 is 2.43 bits per heavy atom. The number of nitrogens with zero attached hydrogens (tertiary/aromatic N) is 1. The predicted molar refractivity (Wildman–Crippen MR) is 62.6 cm³/mol. The highest BCUT2D eigenvalue weighted by Gasteiger charge is 2.61. The third kappa shape index (κ3) is 2.97. The van der Waals surface area contributed by atoms with Crippen molar-refractivity contribution in [3.63, 3.8) is 0 Å². The molecule has 0 spiro atoms. The average molecular weight is 302 g/mol. The fourth-order valence-corrected chi connectivity index (χ4v) is 1.63. The maximum atomic E-state index is 12.8. The van der Waals surface area contributed by atoms with E-state index < -0.39 is 18.0 Å². The molecule has 0 aliphatic rings. The molecule has 1 N–H and O–H groups in total. The lowest BCUT2D eigenvalue weighted by atomic mass is 10.1. The van der Waals surface area contributed by atoms with Gasteiger partial charge in [-0.2, -0.15) is 27.2 Å². The van der Waals surface area contributed by atoms with Crippen molar-refractivity contribution in [3.8, 4) is 22.9 Å². The Kier molecular flexibility index (Phi) is 3.60. The zero-order valence-corrected chi connectivity index (χ0v) is 10.2. The predicted octanol–water partition coefficient (Wildman–Crippen LogP) is 4.09. The molecule has 1 heterocycles. The van der Waals surface area contributed by atoms with Crippen LogP contribution in [0.4, 0.5) is 22.0 Å². The first-order chi connectivity index (χ1) is 9.74. The van der Waals surface area contributed by atoms with E-state index >= 15 is 0 Å². The highest BCUT2D eigenvalue weighted by Crippen LogP contribution is 2.38. The lowest BCUT2D eigenvalue weighted by Gasteiger charge is -2.20. The first kappa shape index (κ1) is 14.8. The van der Waals surface area contributed by atoms with Gasteiger partial charge in [-0.3, -0.25) is 0 Å². The normalized spacial score (nSPS) is 12.0. The SMILES string of the molecule is N#Cc1c[nH]cc1-c1cccc(OC(F)(F)C(F)(F)F)c1. The van der Waals surface area contributed by atoms with Gasteiger partial charge in [0.15, 0.2) is 0 Å². The Bertz CT molecular complexity index is 684. The summed E-state index contributed by atoms with van der Waals surface area (Å²) >= 11 is 0. The molecule has 2 rings (SSSR count). The molecule has 0 aliphatic carbocycles. The number of alkyl halides is 5. The largest absolute Gasteiger partial charge is 0.499 e. The van der Waals surface area contributed by atoms with Gasteiger partial charge >= 0.3 is 12.3 Å². The van der Waals surface area contributed by atoms with Gasteiger partial charge in [0.1, 0.15) is 11.8 Å². The van der Waals surface area contributed by atoms with E-state index in [0.717, 1.165) is 12.1 Å². The molecule has 3 nitrogen and oxygen atoms in total. The van der Waals surface area contributed by atoms with Crippen LogP contribution >= 0.6 is 0 Å². The number of rotatable bonds is 3. The molecule has 0 unspecified atom stereocenters. The smallest absolute Gasteiger partial charge is 0.426 e. The van der Waals surface area contributed by atoms with Gasteiger partial charge in [0.05, 0.1) is 5.56 Å². The summed E-state index contributed by atoms with van der Waals surface area (Å²) in [6, 6.07) is 6.56. The first-order valence-corrected chi connectivity index (χ1v) is 5.55. The van der Waals surface area contributed by atoms with E-state index in [1.807, 2.05) is 6.07 Å². The maximum Gasteiger partial charge on any atom is 0.499 e. The van der Waals surface area contributed by atoms with E-state index in [9.17, 15) is 22.0 Å². The number of nitriles is 1. The molecule has 0 radical (unpaired) electrons. The molecule has 110 valence electrons. The van der Waals surface area contributed by atoms with Gasteiger partial charge in [-0.25, -0.2) is 0 Å². The van der Waals surface area contributed by atoms with E-state index in [1.165, 1.54) is 24.5 Å². The van der Waals surface area contributed by atoms with Crippen LogP contribution in [0.3, 0.4) is 0 Å². The number of hydrogen-bond acceptors (Lipinski definition) is 2. The van der Waals surface area contributed by atoms with Crippen LogP contribution in [0.15, 0.2) is 36.7 Å². The van der Waals surface area contributed by atoms with Crippen molar-refractivity contribution in [2.75, 3.05) is 0 Å². The lowest BCUT2D eigenvalue weighted by Crippen LogP contribution is -2.41. The van der Waals surface area contributed by atoms with Gasteiger partial charge in [-0.05, 0) is 17.7 Å². The maximum absolute atomic E-state index is 12.8. The Morgan fingerprint density at radius 2 is 1.81 bits per heavy atom. The molecule has 0 atom stereocenters. The molecule has 1 aromatic carbocycles. The van der Waals surface area contributed by atoms with Crippen LogP contribution in [-0.2, 0) is 0 Å². The van der Waals surface area contributed by atoms with Crippen LogP contribution in [0.5, 0.6) is 5.75 Å². The zero-order chi connectivity index (χ0) is 15.7. The fraction of sp³-hybridized carbons (Fsp3) is 0.154. The molecule has 8 heteroatoms. The number of H-pyrrole nitrogens is 1. The Morgan fingerprint density at radius 1 is 1.10 bits per heavy atom. The van der Waals surface area contributed by atoms with E-state index in [4.69, 9.17) is 5.26 Å². The summed E-state index contributed by atoms with van der Waals surface area (Å²) in [5.41, 5.74) is 0.885. The fourth-order valence-electron chi connectivity index (χ4n) is 1.63. The third-order valence-electron chi connectivity index (χ3n) is 2.59. The van der Waals surface area contributed by atoms with Crippen LogP contribution in [0.2, 0.25) is 0 Å². The summed E-state index contributed by atoms with van der Waals surface area (Å²) < 4.78 is 65.7. The molecule has 0 saturated heterocycles. The topological polar surface area (TPSA) is 48.8 Å². The van der Waals surface area contributed by atoms with Crippen molar-refractivity contribution in [3.05, 3.63) is 42.2 Å². The van der Waals surface area contributed by atoms with Gasteiger partial charge < -0.3 is 9.72 Å². The quantitative estimate of drug-likeness (QED) is 0.868. The molecule has 0 saturated carbocycles. The minimum Gasteiger partial charge on any atom is -0.426 e. The molecule has 2 aromatic rings. The molecule has 0 amide bonds. The van der Waals surface area contributed by atoms with Crippen molar-refractivity contribution in [2.24, 2.45) is 0 Å². The molecular formula is C13H7F5N2O. The van der Waals surface area contributed by atoms with Gasteiger partial charge in [0.2, 0.25) is 0 Å². The second-order valence-corrected chi connectivity index (χ2v) is 4.04.